The van der Waals surface area contributed by atoms with Gasteiger partial charge in [-0.2, -0.15) is 0 Å². The monoisotopic (exact) mass is 252 g/mol. The molecule has 2 fully saturated rings. The molecule has 2 unspecified atom stereocenters. The second kappa shape index (κ2) is 4.02. The summed E-state index contributed by atoms with van der Waals surface area (Å²) in [4.78, 5) is 13.6. The maximum atomic E-state index is 13.3. The van der Waals surface area contributed by atoms with Crippen LogP contribution < -0.4 is 5.73 Å². The Morgan fingerprint density at radius 1 is 1.17 bits per heavy atom. The van der Waals surface area contributed by atoms with Crippen LogP contribution in [0.2, 0.25) is 0 Å². The van der Waals surface area contributed by atoms with Crippen LogP contribution in [0.1, 0.15) is 30.9 Å². The van der Waals surface area contributed by atoms with Crippen molar-refractivity contribution < 1.29 is 13.6 Å². The summed E-state index contributed by atoms with van der Waals surface area (Å²) in [5, 5.41) is 0. The normalized spacial score (nSPS) is 27.9. The van der Waals surface area contributed by atoms with Gasteiger partial charge in [0, 0.05) is 24.6 Å². The zero-order valence-corrected chi connectivity index (χ0v) is 9.77. The Balaban J connectivity index is 1.99. The topological polar surface area (TPSA) is 46.3 Å². The summed E-state index contributed by atoms with van der Waals surface area (Å²) < 4.78 is 26.5. The highest BCUT2D eigenvalue weighted by Gasteiger charge is 2.46. The number of halogens is 2. The third-order valence-electron chi connectivity index (χ3n) is 3.57. The molecule has 0 aromatic heterocycles. The summed E-state index contributed by atoms with van der Waals surface area (Å²) >= 11 is 0. The van der Waals surface area contributed by atoms with Crippen LogP contribution in [0.4, 0.5) is 8.78 Å². The van der Waals surface area contributed by atoms with Gasteiger partial charge in [0.1, 0.15) is 11.6 Å². The molecule has 18 heavy (non-hydrogen) atoms. The first-order valence-corrected chi connectivity index (χ1v) is 6.09. The van der Waals surface area contributed by atoms with Crippen molar-refractivity contribution in [2.24, 2.45) is 5.73 Å². The number of rotatable bonds is 2. The number of hydrogen-bond donors (Lipinski definition) is 1. The smallest absolute Gasteiger partial charge is 0.225 e. The van der Waals surface area contributed by atoms with E-state index in [4.69, 9.17) is 5.73 Å². The molecular weight excluding hydrogens is 238 g/mol. The van der Waals surface area contributed by atoms with E-state index in [1.165, 1.54) is 12.1 Å². The molecule has 0 bridgehead atoms. The van der Waals surface area contributed by atoms with Gasteiger partial charge in [-0.1, -0.05) is 0 Å². The fourth-order valence-corrected chi connectivity index (χ4v) is 2.72. The molecule has 0 spiro atoms. The van der Waals surface area contributed by atoms with Crippen LogP contribution in [0.3, 0.4) is 0 Å². The number of nitrogens with two attached hydrogens (primary N) is 1. The first kappa shape index (κ1) is 11.6. The van der Waals surface area contributed by atoms with E-state index >= 15 is 0 Å². The number of carbonyl (C=O) groups excluding carboxylic acids is 1. The fraction of sp³-hybridized carbons (Fsp3) is 0.462. The Morgan fingerprint density at radius 3 is 2.33 bits per heavy atom. The van der Waals surface area contributed by atoms with Crippen LogP contribution in [-0.2, 0) is 4.79 Å². The number of nitrogens with zero attached hydrogens (tertiary/aromatic N) is 1. The molecule has 1 aliphatic carbocycles. The molecule has 96 valence electrons. The molecule has 1 aliphatic heterocycles. The predicted molar refractivity (Wildman–Crippen MR) is 61.6 cm³/mol. The minimum absolute atomic E-state index is 0.0142. The maximum Gasteiger partial charge on any atom is 0.225 e. The minimum atomic E-state index is -0.632. The van der Waals surface area contributed by atoms with Gasteiger partial charge in [-0.05, 0) is 30.5 Å². The zero-order valence-electron chi connectivity index (χ0n) is 9.77. The number of amides is 1. The quantitative estimate of drug-likeness (QED) is 0.871. The lowest BCUT2D eigenvalue weighted by atomic mass is 10.0. The van der Waals surface area contributed by atoms with E-state index < -0.39 is 17.7 Å². The highest BCUT2D eigenvalue weighted by Crippen LogP contribution is 2.41. The number of carbonyl (C=O) groups is 1. The van der Waals surface area contributed by atoms with E-state index in [2.05, 4.69) is 0 Å². The summed E-state index contributed by atoms with van der Waals surface area (Å²) in [6.45, 7) is 0. The summed E-state index contributed by atoms with van der Waals surface area (Å²) in [5.41, 5.74) is 6.41. The number of likely N-dealkylation sites (tertiary alicyclic amines) is 1. The van der Waals surface area contributed by atoms with Crippen LogP contribution in [0.15, 0.2) is 18.2 Å². The van der Waals surface area contributed by atoms with E-state index in [-0.39, 0.29) is 24.4 Å². The summed E-state index contributed by atoms with van der Waals surface area (Å²) in [5.74, 6) is -1.28. The average molecular weight is 252 g/mol. The minimum Gasteiger partial charge on any atom is -0.331 e. The Hall–Kier alpha value is -1.49. The first-order chi connectivity index (χ1) is 8.56. The van der Waals surface area contributed by atoms with Gasteiger partial charge < -0.3 is 10.6 Å². The van der Waals surface area contributed by atoms with E-state index in [9.17, 15) is 13.6 Å². The third kappa shape index (κ3) is 1.88. The first-order valence-electron chi connectivity index (χ1n) is 6.09. The zero-order chi connectivity index (χ0) is 12.9. The molecule has 2 N–H and O–H groups in total. The Labute approximate surface area is 104 Å². The molecule has 1 saturated carbocycles. The van der Waals surface area contributed by atoms with Crippen LogP contribution in [0.25, 0.3) is 0 Å². The molecule has 0 radical (unpaired) electrons. The van der Waals surface area contributed by atoms with Gasteiger partial charge in [0.25, 0.3) is 0 Å². The highest BCUT2D eigenvalue weighted by atomic mass is 19.1. The van der Waals surface area contributed by atoms with Crippen molar-refractivity contribution >= 4 is 5.91 Å². The average Bonchev–Trinajstić information content (AvgIpc) is 3.03. The Kier molecular flexibility index (Phi) is 2.59. The summed E-state index contributed by atoms with van der Waals surface area (Å²) in [6, 6.07) is 2.77. The molecule has 5 heteroatoms. The maximum absolute atomic E-state index is 13.3. The van der Waals surface area contributed by atoms with Crippen LogP contribution in [0, 0.1) is 11.6 Å². The van der Waals surface area contributed by atoms with Gasteiger partial charge in [0.2, 0.25) is 5.91 Å². The molecular formula is C13H14F2N2O. The van der Waals surface area contributed by atoms with Gasteiger partial charge in [0.15, 0.2) is 0 Å². The van der Waals surface area contributed by atoms with Crippen LogP contribution in [-0.4, -0.2) is 22.9 Å². The van der Waals surface area contributed by atoms with Gasteiger partial charge in [-0.3, -0.25) is 4.79 Å². The Bertz CT molecular complexity index is 482. The number of hydrogen-bond acceptors (Lipinski definition) is 2. The van der Waals surface area contributed by atoms with Crippen molar-refractivity contribution in [2.45, 2.75) is 37.4 Å². The van der Waals surface area contributed by atoms with Gasteiger partial charge in [-0.25, -0.2) is 8.78 Å². The van der Waals surface area contributed by atoms with Crippen molar-refractivity contribution in [1.29, 1.82) is 0 Å². The predicted octanol–water partition coefficient (Wildman–Crippen LogP) is 1.73. The molecule has 1 aromatic rings. The van der Waals surface area contributed by atoms with Gasteiger partial charge >= 0.3 is 0 Å². The summed E-state index contributed by atoms with van der Waals surface area (Å²) in [6.07, 6.45) is 2.15. The second-order valence-electron chi connectivity index (χ2n) is 5.05. The van der Waals surface area contributed by atoms with Crippen molar-refractivity contribution in [3.63, 3.8) is 0 Å². The van der Waals surface area contributed by atoms with E-state index in [1.54, 1.807) is 4.90 Å². The van der Waals surface area contributed by atoms with E-state index in [0.717, 1.165) is 18.9 Å². The van der Waals surface area contributed by atoms with Crippen molar-refractivity contribution in [3.8, 4) is 0 Å². The van der Waals surface area contributed by atoms with Crippen LogP contribution >= 0.6 is 0 Å². The lowest BCUT2D eigenvalue weighted by molar-refractivity contribution is -0.129. The molecule has 3 rings (SSSR count). The molecule has 1 aromatic carbocycles. The third-order valence-corrected chi connectivity index (χ3v) is 3.57. The van der Waals surface area contributed by atoms with Gasteiger partial charge in [-0.15, -0.1) is 0 Å². The van der Waals surface area contributed by atoms with Crippen molar-refractivity contribution in [2.75, 3.05) is 0 Å². The molecule has 2 aliphatic rings. The Morgan fingerprint density at radius 2 is 1.78 bits per heavy atom. The molecule has 3 nitrogen and oxygen atoms in total. The molecule has 1 saturated heterocycles. The lowest BCUT2D eigenvalue weighted by Gasteiger charge is -2.27. The van der Waals surface area contributed by atoms with Crippen LogP contribution in [0.5, 0.6) is 0 Å². The standard InChI is InChI=1S/C13H14F2N2O/c14-8-3-7(4-9(15)5-8)13-11(16)6-12(18)17(13)10-1-2-10/h3-5,10-11,13H,1-2,6,16H2. The number of benzene rings is 1. The molecule has 2 atom stereocenters. The van der Waals surface area contributed by atoms with Crippen molar-refractivity contribution in [3.05, 3.63) is 35.4 Å². The van der Waals surface area contributed by atoms with Gasteiger partial charge in [0.05, 0.1) is 6.04 Å². The van der Waals surface area contributed by atoms with E-state index in [0.29, 0.717) is 5.56 Å². The SMILES string of the molecule is NC1CC(=O)N(C2CC2)C1c1cc(F)cc(F)c1. The van der Waals surface area contributed by atoms with E-state index in [1.807, 2.05) is 0 Å². The fourth-order valence-electron chi connectivity index (χ4n) is 2.72. The molecule has 1 amide bonds. The van der Waals surface area contributed by atoms with Crippen molar-refractivity contribution in [1.82, 2.24) is 4.90 Å². The summed E-state index contributed by atoms with van der Waals surface area (Å²) in [7, 11) is 0. The molecule has 1 heterocycles. The highest BCUT2D eigenvalue weighted by molar-refractivity contribution is 5.81. The largest absolute Gasteiger partial charge is 0.331 e. The second-order valence-corrected chi connectivity index (χ2v) is 5.05. The lowest BCUT2D eigenvalue weighted by Crippen LogP contribution is -2.34.